The monoisotopic (exact) mass is 380 g/mol. The van der Waals surface area contributed by atoms with E-state index < -0.39 is 0 Å². The molecule has 1 aliphatic heterocycles. The summed E-state index contributed by atoms with van der Waals surface area (Å²) in [6.07, 6.45) is 2.24. The quantitative estimate of drug-likeness (QED) is 0.751. The lowest BCUT2D eigenvalue weighted by atomic mass is 9.97. The Morgan fingerprint density at radius 3 is 2.25 bits per heavy atom. The molecule has 148 valence electrons. The predicted molar refractivity (Wildman–Crippen MR) is 109 cm³/mol. The van der Waals surface area contributed by atoms with Gasteiger partial charge in [-0.25, -0.2) is 0 Å². The topological polar surface area (TPSA) is 58.6 Å². The van der Waals surface area contributed by atoms with Crippen molar-refractivity contribution in [3.63, 3.8) is 0 Å². The molecule has 0 spiro atoms. The normalized spacial score (nSPS) is 16.3. The van der Waals surface area contributed by atoms with Crippen molar-refractivity contribution in [2.75, 3.05) is 26.7 Å². The molecule has 0 unspecified atom stereocenters. The van der Waals surface area contributed by atoms with E-state index >= 15 is 0 Å². The molecule has 5 heteroatoms. The van der Waals surface area contributed by atoms with E-state index in [0.29, 0.717) is 6.54 Å². The van der Waals surface area contributed by atoms with Gasteiger partial charge in [0.25, 0.3) is 0 Å². The fourth-order valence-corrected chi connectivity index (χ4v) is 3.72. The van der Waals surface area contributed by atoms with Crippen molar-refractivity contribution < 1.29 is 14.3 Å². The molecule has 0 aromatic heterocycles. The lowest BCUT2D eigenvalue weighted by molar-refractivity contribution is -0.147. The van der Waals surface area contributed by atoms with Crippen molar-refractivity contribution >= 4 is 11.9 Å². The molecule has 3 rings (SSSR count). The first-order valence-corrected chi connectivity index (χ1v) is 9.84. The molecule has 5 nitrogen and oxygen atoms in total. The van der Waals surface area contributed by atoms with Crippen molar-refractivity contribution in [2.45, 2.75) is 25.3 Å². The molecule has 1 aliphatic rings. The van der Waals surface area contributed by atoms with Crippen molar-refractivity contribution in [1.82, 2.24) is 10.2 Å². The molecule has 28 heavy (non-hydrogen) atoms. The number of piperidine rings is 1. The maximum absolute atomic E-state index is 12.7. The minimum atomic E-state index is -0.142. The van der Waals surface area contributed by atoms with E-state index in [-0.39, 0.29) is 23.8 Å². The Bertz CT molecular complexity index is 756. The number of ether oxygens (including phenoxy) is 1. The van der Waals surface area contributed by atoms with Gasteiger partial charge in [0.2, 0.25) is 5.91 Å². The number of carbonyl (C=O) groups is 2. The van der Waals surface area contributed by atoms with Crippen LogP contribution in [0.25, 0.3) is 0 Å². The Morgan fingerprint density at radius 1 is 1.04 bits per heavy atom. The number of esters is 1. The lowest BCUT2D eigenvalue weighted by Gasteiger charge is -2.30. The highest BCUT2D eigenvalue weighted by atomic mass is 16.5. The molecule has 0 aliphatic carbocycles. The average Bonchev–Trinajstić information content (AvgIpc) is 2.74. The number of likely N-dealkylation sites (tertiary alicyclic amines) is 1. The number of methoxy groups -OCH3 is 1. The molecule has 1 atom stereocenters. The largest absolute Gasteiger partial charge is 0.469 e. The standard InChI is InChI=1S/C23H28N2O3/c1-28-23(27)20-12-14-25(15-13-20)17-22(26)24-21(19-10-6-3-7-11-19)16-18-8-4-2-5-9-18/h2-11,20-21H,12-17H2,1H3,(H,24,26)/t21-/m1/s1. The van der Waals surface area contributed by atoms with E-state index in [2.05, 4.69) is 34.5 Å². The van der Waals surface area contributed by atoms with Crippen molar-refractivity contribution in [2.24, 2.45) is 5.92 Å². The first-order chi connectivity index (χ1) is 13.7. The molecule has 1 heterocycles. The zero-order valence-corrected chi connectivity index (χ0v) is 16.3. The van der Waals surface area contributed by atoms with Crippen LogP contribution in [0, 0.1) is 5.92 Å². The highest BCUT2D eigenvalue weighted by molar-refractivity contribution is 5.78. The molecule has 0 radical (unpaired) electrons. The van der Waals surface area contributed by atoms with Crippen LogP contribution < -0.4 is 5.32 Å². The summed E-state index contributed by atoms with van der Waals surface area (Å²) in [6, 6.07) is 20.2. The van der Waals surface area contributed by atoms with Crippen molar-refractivity contribution in [3.05, 3.63) is 71.8 Å². The smallest absolute Gasteiger partial charge is 0.308 e. The number of nitrogens with zero attached hydrogens (tertiary/aromatic N) is 1. The van der Waals surface area contributed by atoms with Gasteiger partial charge in [0.15, 0.2) is 0 Å². The summed E-state index contributed by atoms with van der Waals surface area (Å²) in [7, 11) is 1.43. The van der Waals surface area contributed by atoms with E-state index in [1.165, 1.54) is 12.7 Å². The molecule has 0 saturated carbocycles. The second-order valence-electron chi connectivity index (χ2n) is 7.29. The van der Waals surface area contributed by atoms with Crippen LogP contribution in [-0.2, 0) is 20.7 Å². The van der Waals surface area contributed by atoms with Gasteiger partial charge >= 0.3 is 5.97 Å². The molecular formula is C23H28N2O3. The summed E-state index contributed by atoms with van der Waals surface area (Å²) < 4.78 is 4.83. The summed E-state index contributed by atoms with van der Waals surface area (Å²) in [5.74, 6) is -0.170. The molecular weight excluding hydrogens is 352 g/mol. The SMILES string of the molecule is COC(=O)C1CCN(CC(=O)N[C@H](Cc2ccccc2)c2ccccc2)CC1. The predicted octanol–water partition coefficient (Wildman–Crippen LogP) is 2.97. The molecule has 1 amide bonds. The second kappa shape index (κ2) is 10.0. The molecule has 1 fully saturated rings. The van der Waals surface area contributed by atoms with Gasteiger partial charge in [-0.1, -0.05) is 60.7 Å². The molecule has 0 bridgehead atoms. The number of carbonyl (C=O) groups excluding carboxylic acids is 2. The maximum atomic E-state index is 12.7. The van der Waals surface area contributed by atoms with Crippen molar-refractivity contribution in [3.8, 4) is 0 Å². The number of nitrogens with one attached hydrogen (secondary N) is 1. The van der Waals surface area contributed by atoms with Crippen LogP contribution in [0.15, 0.2) is 60.7 Å². The Labute approximate surface area is 166 Å². The molecule has 2 aromatic rings. The van der Waals surface area contributed by atoms with Gasteiger partial charge in [0, 0.05) is 0 Å². The third kappa shape index (κ3) is 5.67. The van der Waals surface area contributed by atoms with Crippen LogP contribution in [0.4, 0.5) is 0 Å². The minimum Gasteiger partial charge on any atom is -0.469 e. The highest BCUT2D eigenvalue weighted by Crippen LogP contribution is 2.20. The maximum Gasteiger partial charge on any atom is 0.308 e. The summed E-state index contributed by atoms with van der Waals surface area (Å²) in [5.41, 5.74) is 2.29. The van der Waals surface area contributed by atoms with Crippen LogP contribution in [0.5, 0.6) is 0 Å². The average molecular weight is 380 g/mol. The summed E-state index contributed by atoms with van der Waals surface area (Å²) in [5, 5.41) is 3.20. The van der Waals surface area contributed by atoms with Crippen LogP contribution in [0.3, 0.4) is 0 Å². The van der Waals surface area contributed by atoms with Gasteiger partial charge in [-0.05, 0) is 43.5 Å². The lowest BCUT2D eigenvalue weighted by Crippen LogP contribution is -2.43. The number of hydrogen-bond acceptors (Lipinski definition) is 4. The van der Waals surface area contributed by atoms with E-state index in [1.54, 1.807) is 0 Å². The Morgan fingerprint density at radius 2 is 1.64 bits per heavy atom. The zero-order chi connectivity index (χ0) is 19.8. The Hall–Kier alpha value is -2.66. The van der Waals surface area contributed by atoms with Gasteiger partial charge in [-0.2, -0.15) is 0 Å². The van der Waals surface area contributed by atoms with Gasteiger partial charge in [0.05, 0.1) is 25.6 Å². The van der Waals surface area contributed by atoms with Gasteiger partial charge in [-0.15, -0.1) is 0 Å². The first-order valence-electron chi connectivity index (χ1n) is 9.84. The third-order valence-corrected chi connectivity index (χ3v) is 5.31. The fraction of sp³-hybridized carbons (Fsp3) is 0.391. The van der Waals surface area contributed by atoms with Crippen LogP contribution >= 0.6 is 0 Å². The van der Waals surface area contributed by atoms with Crippen LogP contribution in [0.2, 0.25) is 0 Å². The minimum absolute atomic E-state index is 0.0151. The fourth-order valence-electron chi connectivity index (χ4n) is 3.72. The first kappa shape index (κ1) is 20.1. The van der Waals surface area contributed by atoms with Gasteiger partial charge in [-0.3, -0.25) is 14.5 Å². The van der Waals surface area contributed by atoms with Gasteiger partial charge < -0.3 is 10.1 Å². The highest BCUT2D eigenvalue weighted by Gasteiger charge is 2.27. The number of amides is 1. The van der Waals surface area contributed by atoms with Crippen LogP contribution in [0.1, 0.15) is 30.0 Å². The summed E-state index contributed by atoms with van der Waals surface area (Å²) in [4.78, 5) is 26.5. The third-order valence-electron chi connectivity index (χ3n) is 5.31. The number of rotatable bonds is 7. The van der Waals surface area contributed by atoms with Gasteiger partial charge in [0.1, 0.15) is 0 Å². The Kier molecular flexibility index (Phi) is 7.20. The van der Waals surface area contributed by atoms with E-state index in [1.807, 2.05) is 36.4 Å². The van der Waals surface area contributed by atoms with Crippen LogP contribution in [-0.4, -0.2) is 43.5 Å². The molecule has 2 aromatic carbocycles. The number of benzene rings is 2. The van der Waals surface area contributed by atoms with Crippen molar-refractivity contribution in [1.29, 1.82) is 0 Å². The zero-order valence-electron chi connectivity index (χ0n) is 16.3. The number of hydrogen-bond donors (Lipinski definition) is 1. The van der Waals surface area contributed by atoms with E-state index in [0.717, 1.165) is 37.9 Å². The Balaban J connectivity index is 1.58. The summed E-state index contributed by atoms with van der Waals surface area (Å²) >= 11 is 0. The van der Waals surface area contributed by atoms with E-state index in [9.17, 15) is 9.59 Å². The molecule has 1 N–H and O–H groups in total. The molecule has 1 saturated heterocycles. The van der Waals surface area contributed by atoms with E-state index in [4.69, 9.17) is 4.74 Å². The second-order valence-corrected chi connectivity index (χ2v) is 7.29. The summed E-state index contributed by atoms with van der Waals surface area (Å²) in [6.45, 7) is 1.83.